The van der Waals surface area contributed by atoms with Gasteiger partial charge in [0.15, 0.2) is 0 Å². The molecular weight excluding hydrogens is 260 g/mol. The van der Waals surface area contributed by atoms with Crippen molar-refractivity contribution in [2.45, 2.75) is 20.3 Å². The summed E-state index contributed by atoms with van der Waals surface area (Å²) < 4.78 is 0. The van der Waals surface area contributed by atoms with E-state index in [0.717, 1.165) is 23.5 Å². The zero-order valence-corrected chi connectivity index (χ0v) is 12.0. The fourth-order valence-corrected chi connectivity index (χ4v) is 2.68. The summed E-state index contributed by atoms with van der Waals surface area (Å²) in [4.78, 5) is 18.2. The first-order valence-electron chi connectivity index (χ1n) is 6.15. The Labute approximate surface area is 118 Å². The highest BCUT2D eigenvalue weighted by Gasteiger charge is 2.40. The number of rotatable bonds is 3. The molecule has 1 amide bonds. The average Bonchev–Trinajstić information content (AvgIpc) is 2.72. The molecule has 2 heterocycles. The quantitative estimate of drug-likeness (QED) is 0.796. The molecule has 0 aliphatic carbocycles. The average molecular weight is 278 g/mol. The first-order valence-corrected chi connectivity index (χ1v) is 6.56. The molecule has 0 aromatic carbocycles. The molecule has 19 heavy (non-hydrogen) atoms. The van der Waals surface area contributed by atoms with Gasteiger partial charge in [-0.3, -0.25) is 4.79 Å². The summed E-state index contributed by atoms with van der Waals surface area (Å²) in [5, 5.41) is 0. The lowest BCUT2D eigenvalue weighted by Crippen LogP contribution is -2.37. The zero-order valence-electron chi connectivity index (χ0n) is 11.1. The minimum Gasteiger partial charge on any atom is -0.389 e. The molecule has 5 nitrogen and oxygen atoms in total. The summed E-state index contributed by atoms with van der Waals surface area (Å²) in [5.74, 6) is 0.469. The summed E-state index contributed by atoms with van der Waals surface area (Å²) in [7, 11) is 0. The van der Waals surface area contributed by atoms with Crippen LogP contribution in [0.2, 0.25) is 0 Å². The molecule has 1 fully saturated rings. The highest BCUT2D eigenvalue weighted by molar-refractivity contribution is 7.80. The van der Waals surface area contributed by atoms with Gasteiger partial charge in [-0.15, -0.1) is 0 Å². The number of pyridine rings is 1. The van der Waals surface area contributed by atoms with Gasteiger partial charge in [-0.05, 0) is 31.9 Å². The molecule has 102 valence electrons. The highest BCUT2D eigenvalue weighted by Crippen LogP contribution is 2.34. The lowest BCUT2D eigenvalue weighted by molar-refractivity contribution is -0.125. The lowest BCUT2D eigenvalue weighted by Gasteiger charge is -2.24. The second-order valence-electron chi connectivity index (χ2n) is 5.29. The highest BCUT2D eigenvalue weighted by atomic mass is 32.1. The van der Waals surface area contributed by atoms with Crippen molar-refractivity contribution < 1.29 is 4.79 Å². The maximum Gasteiger partial charge on any atom is 0.225 e. The molecule has 1 aliphatic heterocycles. The van der Waals surface area contributed by atoms with Gasteiger partial charge in [0.05, 0.1) is 11.0 Å². The van der Waals surface area contributed by atoms with E-state index in [4.69, 9.17) is 23.7 Å². The molecule has 1 aromatic rings. The van der Waals surface area contributed by atoms with E-state index in [0.29, 0.717) is 18.0 Å². The Morgan fingerprint density at radius 3 is 2.74 bits per heavy atom. The Morgan fingerprint density at radius 1 is 1.53 bits per heavy atom. The minimum atomic E-state index is -0.515. The van der Waals surface area contributed by atoms with E-state index >= 15 is 0 Å². The minimum absolute atomic E-state index is 0.278. The molecule has 4 N–H and O–H groups in total. The predicted octanol–water partition coefficient (Wildman–Crippen LogP) is 0.726. The number of amides is 1. The molecule has 0 saturated carbocycles. The number of primary amides is 1. The van der Waals surface area contributed by atoms with Crippen LogP contribution >= 0.6 is 12.2 Å². The van der Waals surface area contributed by atoms with Crippen molar-refractivity contribution in [1.82, 2.24) is 4.98 Å². The Hall–Kier alpha value is -1.69. The van der Waals surface area contributed by atoms with Crippen LogP contribution in [0.5, 0.6) is 0 Å². The van der Waals surface area contributed by atoms with Crippen molar-refractivity contribution in [3.8, 4) is 0 Å². The molecule has 1 aromatic heterocycles. The molecule has 1 atom stereocenters. The standard InChI is InChI=1S/C13H18N4OS/c1-8-3-5-16-11(9(8)10(14)19)17-6-4-13(2,7-17)12(15)18/h3,5H,4,6-7H2,1-2H3,(H2,14,19)(H2,15,18). The topological polar surface area (TPSA) is 85.2 Å². The van der Waals surface area contributed by atoms with Crippen LogP contribution < -0.4 is 16.4 Å². The molecule has 2 rings (SSSR count). The smallest absolute Gasteiger partial charge is 0.225 e. The molecule has 1 saturated heterocycles. The number of anilines is 1. The third-order valence-corrected chi connectivity index (χ3v) is 3.96. The first-order chi connectivity index (χ1) is 8.85. The van der Waals surface area contributed by atoms with Crippen LogP contribution in [0.3, 0.4) is 0 Å². The van der Waals surface area contributed by atoms with Crippen LogP contribution in [0, 0.1) is 12.3 Å². The van der Waals surface area contributed by atoms with E-state index in [1.54, 1.807) is 6.20 Å². The van der Waals surface area contributed by atoms with Gasteiger partial charge in [-0.25, -0.2) is 4.98 Å². The van der Waals surface area contributed by atoms with Crippen LogP contribution in [0.15, 0.2) is 12.3 Å². The molecule has 6 heteroatoms. The monoisotopic (exact) mass is 278 g/mol. The van der Waals surface area contributed by atoms with E-state index < -0.39 is 5.41 Å². The molecular formula is C13H18N4OS. The summed E-state index contributed by atoms with van der Waals surface area (Å²) in [5.41, 5.74) is 12.5. The fraction of sp³-hybridized carbons (Fsp3) is 0.462. The van der Waals surface area contributed by atoms with E-state index in [9.17, 15) is 4.79 Å². The van der Waals surface area contributed by atoms with Crippen LogP contribution in [0.25, 0.3) is 0 Å². The van der Waals surface area contributed by atoms with Crippen molar-refractivity contribution >= 4 is 28.9 Å². The van der Waals surface area contributed by atoms with E-state index in [-0.39, 0.29) is 5.91 Å². The number of hydrogen-bond acceptors (Lipinski definition) is 4. The van der Waals surface area contributed by atoms with Gasteiger partial charge in [0.25, 0.3) is 0 Å². The van der Waals surface area contributed by atoms with Crippen molar-refractivity contribution in [2.24, 2.45) is 16.9 Å². The van der Waals surface area contributed by atoms with Gasteiger partial charge in [-0.1, -0.05) is 12.2 Å². The Morgan fingerprint density at radius 2 is 2.21 bits per heavy atom. The Bertz CT molecular complexity index is 545. The number of aryl methyl sites for hydroxylation is 1. The molecule has 1 aliphatic rings. The van der Waals surface area contributed by atoms with Crippen molar-refractivity contribution in [3.63, 3.8) is 0 Å². The van der Waals surface area contributed by atoms with Crippen molar-refractivity contribution in [3.05, 3.63) is 23.4 Å². The van der Waals surface area contributed by atoms with Gasteiger partial charge >= 0.3 is 0 Å². The van der Waals surface area contributed by atoms with Crippen molar-refractivity contribution in [1.29, 1.82) is 0 Å². The van der Waals surface area contributed by atoms with Gasteiger partial charge in [0.2, 0.25) is 5.91 Å². The van der Waals surface area contributed by atoms with Crippen LogP contribution in [0.4, 0.5) is 5.82 Å². The lowest BCUT2D eigenvalue weighted by atomic mass is 9.89. The normalized spacial score (nSPS) is 22.5. The Balaban J connectivity index is 2.37. The molecule has 1 unspecified atom stereocenters. The first kappa shape index (κ1) is 13.7. The van der Waals surface area contributed by atoms with Gasteiger partial charge in [0.1, 0.15) is 10.8 Å². The number of carbonyl (C=O) groups is 1. The molecule has 0 bridgehead atoms. The molecule has 0 spiro atoms. The van der Waals surface area contributed by atoms with Crippen LogP contribution in [-0.2, 0) is 4.79 Å². The number of nitrogens with zero attached hydrogens (tertiary/aromatic N) is 2. The summed E-state index contributed by atoms with van der Waals surface area (Å²) in [6.45, 7) is 5.11. The number of aromatic nitrogens is 1. The van der Waals surface area contributed by atoms with Crippen molar-refractivity contribution in [2.75, 3.05) is 18.0 Å². The number of carbonyl (C=O) groups excluding carboxylic acids is 1. The summed E-state index contributed by atoms with van der Waals surface area (Å²) >= 11 is 5.10. The fourth-order valence-electron chi connectivity index (χ4n) is 2.43. The maximum atomic E-state index is 11.5. The van der Waals surface area contributed by atoms with Gasteiger partial charge < -0.3 is 16.4 Å². The summed E-state index contributed by atoms with van der Waals surface area (Å²) in [6, 6.07) is 1.88. The Kier molecular flexibility index (Phi) is 3.45. The second kappa shape index (κ2) is 4.77. The third-order valence-electron chi connectivity index (χ3n) is 3.75. The van der Waals surface area contributed by atoms with Gasteiger partial charge in [0, 0.05) is 19.3 Å². The maximum absolute atomic E-state index is 11.5. The third kappa shape index (κ3) is 2.40. The summed E-state index contributed by atoms with van der Waals surface area (Å²) in [6.07, 6.45) is 2.45. The van der Waals surface area contributed by atoms with Gasteiger partial charge in [-0.2, -0.15) is 0 Å². The van der Waals surface area contributed by atoms with E-state index in [2.05, 4.69) is 4.98 Å². The number of nitrogens with two attached hydrogens (primary N) is 2. The number of hydrogen-bond donors (Lipinski definition) is 2. The van der Waals surface area contributed by atoms with E-state index in [1.807, 2.05) is 24.8 Å². The largest absolute Gasteiger partial charge is 0.389 e. The molecule has 0 radical (unpaired) electrons. The number of thiocarbonyl (C=S) groups is 1. The van der Waals surface area contributed by atoms with Crippen LogP contribution in [-0.4, -0.2) is 29.0 Å². The predicted molar refractivity (Wildman–Crippen MR) is 79.0 cm³/mol. The van der Waals surface area contributed by atoms with E-state index in [1.165, 1.54) is 0 Å². The zero-order chi connectivity index (χ0) is 14.2. The second-order valence-corrected chi connectivity index (χ2v) is 5.73. The van der Waals surface area contributed by atoms with Crippen LogP contribution in [0.1, 0.15) is 24.5 Å². The SMILES string of the molecule is Cc1ccnc(N2CCC(C)(C(N)=O)C2)c1C(N)=S.